The van der Waals surface area contributed by atoms with E-state index in [1.54, 1.807) is 42.7 Å². The number of aliphatic hydroxyl groups excluding tert-OH is 1. The minimum Gasteiger partial charge on any atom is -0.486 e. The van der Waals surface area contributed by atoms with E-state index in [-0.39, 0.29) is 11.4 Å². The Morgan fingerprint density at radius 3 is 2.61 bits per heavy atom. The van der Waals surface area contributed by atoms with Crippen molar-refractivity contribution in [2.24, 2.45) is 0 Å². The molecule has 0 fully saturated rings. The van der Waals surface area contributed by atoms with Crippen LogP contribution in [0, 0.1) is 0 Å². The first-order valence-electron chi connectivity index (χ1n) is 10.1. The first kappa shape index (κ1) is 20.0. The van der Waals surface area contributed by atoms with Crippen LogP contribution in [0.5, 0.6) is 11.5 Å². The third-order valence-electron chi connectivity index (χ3n) is 5.67. The number of benzene rings is 2. The van der Waals surface area contributed by atoms with Crippen molar-refractivity contribution in [2.45, 2.75) is 30.0 Å². The van der Waals surface area contributed by atoms with E-state index in [0.29, 0.717) is 36.7 Å². The Hall–Kier alpha value is -2.94. The van der Waals surface area contributed by atoms with Gasteiger partial charge in [-0.3, -0.25) is 4.98 Å². The molecule has 160 valence electrons. The van der Waals surface area contributed by atoms with E-state index < -0.39 is 22.2 Å². The molecular weight excluding hydrogens is 416 g/mol. The van der Waals surface area contributed by atoms with Gasteiger partial charge in [-0.15, -0.1) is 0 Å². The lowest BCUT2D eigenvalue weighted by atomic mass is 9.95. The summed E-state index contributed by atoms with van der Waals surface area (Å²) in [6.45, 7) is 1.09. The molecule has 0 radical (unpaired) electrons. The summed E-state index contributed by atoms with van der Waals surface area (Å²) in [6, 6.07) is 15.1. The Balaban J connectivity index is 1.55. The molecule has 0 aliphatic carbocycles. The van der Waals surface area contributed by atoms with Crippen molar-refractivity contribution in [3.63, 3.8) is 0 Å². The summed E-state index contributed by atoms with van der Waals surface area (Å²) in [6.07, 6.45) is 2.64. The van der Waals surface area contributed by atoms with Crippen molar-refractivity contribution in [3.8, 4) is 11.5 Å². The first-order valence-corrected chi connectivity index (χ1v) is 11.5. The van der Waals surface area contributed by atoms with Crippen LogP contribution in [0.15, 0.2) is 71.9 Å². The Labute approximate surface area is 180 Å². The zero-order valence-corrected chi connectivity index (χ0v) is 17.5. The monoisotopic (exact) mass is 438 g/mol. The molecule has 2 aromatic carbocycles. The number of aliphatic hydroxyl groups is 1. The van der Waals surface area contributed by atoms with Gasteiger partial charge in [0.2, 0.25) is 10.0 Å². The van der Waals surface area contributed by atoms with Gasteiger partial charge in [0.1, 0.15) is 13.2 Å². The number of hydrogen-bond donors (Lipinski definition) is 1. The average molecular weight is 439 g/mol. The summed E-state index contributed by atoms with van der Waals surface area (Å²) < 4.78 is 39.7. The van der Waals surface area contributed by atoms with Gasteiger partial charge in [0, 0.05) is 24.5 Å². The number of nitrogens with zero attached hydrogens (tertiary/aromatic N) is 2. The average Bonchev–Trinajstić information content (AvgIpc) is 2.80. The summed E-state index contributed by atoms with van der Waals surface area (Å²) >= 11 is 0. The van der Waals surface area contributed by atoms with Gasteiger partial charge in [-0.05, 0) is 41.8 Å². The second kappa shape index (κ2) is 7.96. The lowest BCUT2D eigenvalue weighted by molar-refractivity contribution is 0.0768. The van der Waals surface area contributed by atoms with E-state index in [9.17, 15) is 13.5 Å². The summed E-state index contributed by atoms with van der Waals surface area (Å²) in [7, 11) is -3.81. The van der Waals surface area contributed by atoms with Crippen molar-refractivity contribution >= 4 is 10.0 Å². The zero-order valence-electron chi connectivity index (χ0n) is 16.7. The highest BCUT2D eigenvalue weighted by molar-refractivity contribution is 7.89. The molecule has 0 bridgehead atoms. The largest absolute Gasteiger partial charge is 0.486 e. The van der Waals surface area contributed by atoms with Crippen LogP contribution in [0.3, 0.4) is 0 Å². The number of pyridine rings is 1. The van der Waals surface area contributed by atoms with E-state index >= 15 is 0 Å². The minimum absolute atomic E-state index is 0.122. The molecule has 7 nitrogen and oxygen atoms in total. The summed E-state index contributed by atoms with van der Waals surface area (Å²) in [5.41, 5.74) is 2.04. The van der Waals surface area contributed by atoms with Crippen LogP contribution in [0.2, 0.25) is 0 Å². The van der Waals surface area contributed by atoms with Gasteiger partial charge in [0.05, 0.1) is 17.0 Å². The fraction of sp³-hybridized carbons (Fsp3) is 0.261. The second-order valence-corrected chi connectivity index (χ2v) is 9.50. The standard InChI is InChI=1S/C23H22N2O5S/c26-23-18-5-1-2-6-22(18)31(27,28)25(15-17-4-3-9-24-14-17)19(23)12-16-7-8-20-21(13-16)30-11-10-29-20/h1-9,13-14,19,23,26H,10-12,15H2/t19-,23-/m0/s1. The molecule has 1 aromatic heterocycles. The Bertz CT molecular complexity index is 1200. The Morgan fingerprint density at radius 2 is 1.81 bits per heavy atom. The second-order valence-electron chi connectivity index (χ2n) is 7.64. The van der Waals surface area contributed by atoms with Crippen LogP contribution < -0.4 is 9.47 Å². The Kier molecular flexibility index (Phi) is 5.13. The molecule has 8 heteroatoms. The van der Waals surface area contributed by atoms with E-state index in [1.807, 2.05) is 24.3 Å². The zero-order chi connectivity index (χ0) is 21.4. The maximum Gasteiger partial charge on any atom is 0.244 e. The van der Waals surface area contributed by atoms with Crippen LogP contribution in [0.4, 0.5) is 0 Å². The molecule has 0 saturated heterocycles. The van der Waals surface area contributed by atoms with Crippen LogP contribution in [-0.4, -0.2) is 42.1 Å². The van der Waals surface area contributed by atoms with E-state index in [0.717, 1.165) is 11.1 Å². The number of fused-ring (bicyclic) bond motifs is 2. The van der Waals surface area contributed by atoms with E-state index in [4.69, 9.17) is 9.47 Å². The molecule has 5 rings (SSSR count). The molecular formula is C23H22N2O5S. The normalized spacial score (nSPS) is 22.0. The van der Waals surface area contributed by atoms with Gasteiger partial charge >= 0.3 is 0 Å². The molecule has 2 aliphatic rings. The highest BCUT2D eigenvalue weighted by Gasteiger charge is 2.43. The van der Waals surface area contributed by atoms with Gasteiger partial charge < -0.3 is 14.6 Å². The molecule has 2 atom stereocenters. The number of ether oxygens (including phenoxy) is 2. The smallest absolute Gasteiger partial charge is 0.244 e. The van der Waals surface area contributed by atoms with Crippen molar-refractivity contribution in [2.75, 3.05) is 13.2 Å². The fourth-order valence-corrected chi connectivity index (χ4v) is 6.03. The first-order chi connectivity index (χ1) is 15.0. The van der Waals surface area contributed by atoms with Gasteiger partial charge in [0.25, 0.3) is 0 Å². The highest BCUT2D eigenvalue weighted by atomic mass is 32.2. The molecule has 2 aliphatic heterocycles. The van der Waals surface area contributed by atoms with Crippen molar-refractivity contribution in [1.29, 1.82) is 0 Å². The lowest BCUT2D eigenvalue weighted by Gasteiger charge is -2.39. The molecule has 0 saturated carbocycles. The molecule has 3 heterocycles. The van der Waals surface area contributed by atoms with Gasteiger partial charge in [-0.1, -0.05) is 30.3 Å². The van der Waals surface area contributed by atoms with Crippen LogP contribution in [0.1, 0.15) is 22.8 Å². The predicted octanol–water partition coefficient (Wildman–Crippen LogP) is 2.70. The predicted molar refractivity (Wildman–Crippen MR) is 113 cm³/mol. The van der Waals surface area contributed by atoms with Crippen LogP contribution in [-0.2, 0) is 23.0 Å². The highest BCUT2D eigenvalue weighted by Crippen LogP contribution is 2.40. The van der Waals surface area contributed by atoms with Gasteiger partial charge in [-0.2, -0.15) is 4.31 Å². The van der Waals surface area contributed by atoms with Crippen molar-refractivity contribution < 1.29 is 23.0 Å². The maximum absolute atomic E-state index is 13.5. The van der Waals surface area contributed by atoms with E-state index in [2.05, 4.69) is 4.98 Å². The topological polar surface area (TPSA) is 89.0 Å². The molecule has 0 spiro atoms. The molecule has 0 amide bonds. The van der Waals surface area contributed by atoms with Crippen LogP contribution >= 0.6 is 0 Å². The number of rotatable bonds is 4. The van der Waals surface area contributed by atoms with Gasteiger partial charge in [0.15, 0.2) is 11.5 Å². The quantitative estimate of drug-likeness (QED) is 0.674. The number of aromatic nitrogens is 1. The summed E-state index contributed by atoms with van der Waals surface area (Å²) in [5.74, 6) is 1.31. The fourth-order valence-electron chi connectivity index (χ4n) is 4.17. The van der Waals surface area contributed by atoms with Crippen molar-refractivity contribution in [1.82, 2.24) is 9.29 Å². The third-order valence-corrected chi connectivity index (χ3v) is 7.62. The van der Waals surface area contributed by atoms with Gasteiger partial charge in [-0.25, -0.2) is 8.42 Å². The van der Waals surface area contributed by atoms with Crippen LogP contribution in [0.25, 0.3) is 0 Å². The molecule has 3 aromatic rings. The minimum atomic E-state index is -3.81. The molecule has 0 unspecified atom stereocenters. The summed E-state index contributed by atoms with van der Waals surface area (Å²) in [4.78, 5) is 4.25. The SMILES string of the molecule is O=S1(=O)c2ccccc2[C@H](O)[C@H](Cc2ccc3c(c2)OCCO3)N1Cc1cccnc1. The molecule has 31 heavy (non-hydrogen) atoms. The number of hydrogen-bond acceptors (Lipinski definition) is 6. The van der Waals surface area contributed by atoms with E-state index in [1.165, 1.54) is 4.31 Å². The Morgan fingerprint density at radius 1 is 1.00 bits per heavy atom. The summed E-state index contributed by atoms with van der Waals surface area (Å²) in [5, 5.41) is 11.2. The molecule has 1 N–H and O–H groups in total. The third kappa shape index (κ3) is 3.67. The lowest BCUT2D eigenvalue weighted by Crippen LogP contribution is -2.48. The maximum atomic E-state index is 13.5. The van der Waals surface area contributed by atoms with Crippen molar-refractivity contribution in [3.05, 3.63) is 83.7 Å². The number of sulfonamides is 1.